The van der Waals surface area contributed by atoms with Crippen LogP contribution in [0.25, 0.3) is 0 Å². The molecule has 4 nitrogen and oxygen atoms in total. The lowest BCUT2D eigenvalue weighted by Gasteiger charge is -2.31. The Morgan fingerprint density at radius 1 is 1.04 bits per heavy atom. The lowest BCUT2D eigenvalue weighted by atomic mass is 9.87. The minimum atomic E-state index is -0.149. The number of carbonyl (C=O) groups is 1. The summed E-state index contributed by atoms with van der Waals surface area (Å²) in [7, 11) is 4.10. The molecule has 1 fully saturated rings. The summed E-state index contributed by atoms with van der Waals surface area (Å²) in [6, 6.07) is 19.0. The Hall–Kier alpha value is -2.17. The third kappa shape index (κ3) is 4.51. The number of ether oxygens (including phenoxy) is 1. The summed E-state index contributed by atoms with van der Waals surface area (Å²) in [5.74, 6) is -0.149. The van der Waals surface area contributed by atoms with Gasteiger partial charge in [0.1, 0.15) is 6.29 Å². The second kappa shape index (κ2) is 8.97. The molecule has 0 N–H and O–H groups in total. The Morgan fingerprint density at radius 3 is 2.27 bits per heavy atom. The van der Waals surface area contributed by atoms with Crippen LogP contribution in [-0.4, -0.2) is 57.6 Å². The predicted molar refractivity (Wildman–Crippen MR) is 106 cm³/mol. The number of benzene rings is 2. The number of hydrogen-bond donors (Lipinski definition) is 0. The Balaban J connectivity index is 1.77. The third-order valence-electron chi connectivity index (χ3n) is 5.17. The Kier molecular flexibility index (Phi) is 6.42. The summed E-state index contributed by atoms with van der Waals surface area (Å²) < 4.78 is 5.42. The number of nitrogens with zero attached hydrogens (tertiary/aromatic N) is 2. The second-order valence-corrected chi connectivity index (χ2v) is 7.07. The molecule has 138 valence electrons. The van der Waals surface area contributed by atoms with Crippen LogP contribution in [0.1, 0.15) is 17.0 Å². The van der Waals surface area contributed by atoms with E-state index >= 15 is 0 Å². The van der Waals surface area contributed by atoms with Gasteiger partial charge in [0.2, 0.25) is 0 Å². The van der Waals surface area contributed by atoms with Crippen LogP contribution in [0.4, 0.5) is 5.69 Å². The van der Waals surface area contributed by atoms with Gasteiger partial charge in [-0.1, -0.05) is 42.5 Å². The SMILES string of the molecule is CN(C)C(Cc1ccccc1)C(C=O)c1ccc(N2CCOCC2)cc1. The van der Waals surface area contributed by atoms with Gasteiger partial charge in [0.15, 0.2) is 0 Å². The fraction of sp³-hybridized carbons (Fsp3) is 0.409. The van der Waals surface area contributed by atoms with Gasteiger partial charge < -0.3 is 19.3 Å². The summed E-state index contributed by atoms with van der Waals surface area (Å²) in [4.78, 5) is 16.5. The molecule has 2 unspecified atom stereocenters. The summed E-state index contributed by atoms with van der Waals surface area (Å²) in [5, 5.41) is 0. The summed E-state index contributed by atoms with van der Waals surface area (Å²) >= 11 is 0. The normalized spacial score (nSPS) is 17.1. The highest BCUT2D eigenvalue weighted by atomic mass is 16.5. The molecule has 3 rings (SSSR count). The molecule has 2 atom stereocenters. The standard InChI is InChI=1S/C22H28N2O2/c1-23(2)22(16-18-6-4-3-5-7-18)21(17-25)19-8-10-20(11-9-19)24-12-14-26-15-13-24/h3-11,17,21-22H,12-16H2,1-2H3. The van der Waals surface area contributed by atoms with E-state index in [1.165, 1.54) is 11.3 Å². The summed E-state index contributed by atoms with van der Waals surface area (Å²) in [5.41, 5.74) is 3.53. The number of carbonyl (C=O) groups excluding carboxylic acids is 1. The number of aldehydes is 1. The van der Waals surface area contributed by atoms with Crippen LogP contribution < -0.4 is 4.90 Å². The molecule has 2 aromatic carbocycles. The van der Waals surface area contributed by atoms with Crippen molar-refractivity contribution in [3.05, 3.63) is 65.7 Å². The van der Waals surface area contributed by atoms with Crippen molar-refractivity contribution in [2.24, 2.45) is 0 Å². The molecule has 1 aliphatic heterocycles. The van der Waals surface area contributed by atoms with Crippen molar-refractivity contribution in [3.63, 3.8) is 0 Å². The zero-order valence-corrected chi connectivity index (χ0v) is 15.7. The Bertz CT molecular complexity index is 679. The van der Waals surface area contributed by atoms with E-state index in [1.807, 2.05) is 20.2 Å². The fourth-order valence-electron chi connectivity index (χ4n) is 3.61. The van der Waals surface area contributed by atoms with E-state index < -0.39 is 0 Å². The number of morpholine rings is 1. The largest absolute Gasteiger partial charge is 0.378 e. The molecule has 1 heterocycles. The van der Waals surface area contributed by atoms with Crippen molar-refractivity contribution in [2.45, 2.75) is 18.4 Å². The minimum absolute atomic E-state index is 0.129. The van der Waals surface area contributed by atoms with E-state index in [9.17, 15) is 4.79 Å². The number of hydrogen-bond acceptors (Lipinski definition) is 4. The van der Waals surface area contributed by atoms with Gasteiger partial charge in [-0.3, -0.25) is 0 Å². The number of likely N-dealkylation sites (N-methyl/N-ethyl adjacent to an activating group) is 1. The van der Waals surface area contributed by atoms with Crippen molar-refractivity contribution in [1.29, 1.82) is 0 Å². The van der Waals surface area contributed by atoms with E-state index in [0.29, 0.717) is 0 Å². The molecular weight excluding hydrogens is 324 g/mol. The molecule has 0 amide bonds. The molecule has 0 bridgehead atoms. The number of rotatable bonds is 7. The van der Waals surface area contributed by atoms with Crippen LogP contribution in [0.15, 0.2) is 54.6 Å². The molecule has 4 heteroatoms. The van der Waals surface area contributed by atoms with Gasteiger partial charge in [-0.15, -0.1) is 0 Å². The lowest BCUT2D eigenvalue weighted by molar-refractivity contribution is -0.110. The third-order valence-corrected chi connectivity index (χ3v) is 5.17. The number of anilines is 1. The van der Waals surface area contributed by atoms with Gasteiger partial charge in [-0.05, 0) is 43.8 Å². The average Bonchev–Trinajstić information content (AvgIpc) is 2.69. The first-order valence-electron chi connectivity index (χ1n) is 9.27. The van der Waals surface area contributed by atoms with Crippen LogP contribution >= 0.6 is 0 Å². The summed E-state index contributed by atoms with van der Waals surface area (Å²) in [6.07, 6.45) is 1.94. The van der Waals surface area contributed by atoms with E-state index in [4.69, 9.17) is 4.74 Å². The first-order valence-corrected chi connectivity index (χ1v) is 9.27. The predicted octanol–water partition coefficient (Wildman–Crippen LogP) is 2.98. The van der Waals surface area contributed by atoms with Crippen LogP contribution in [0, 0.1) is 0 Å². The van der Waals surface area contributed by atoms with E-state index in [-0.39, 0.29) is 12.0 Å². The maximum atomic E-state index is 12.0. The van der Waals surface area contributed by atoms with Crippen molar-refractivity contribution < 1.29 is 9.53 Å². The highest BCUT2D eigenvalue weighted by Gasteiger charge is 2.25. The van der Waals surface area contributed by atoms with Crippen LogP contribution in [0.5, 0.6) is 0 Å². The van der Waals surface area contributed by atoms with E-state index in [2.05, 4.69) is 58.3 Å². The highest BCUT2D eigenvalue weighted by Crippen LogP contribution is 2.26. The van der Waals surface area contributed by atoms with Crippen LogP contribution in [0.2, 0.25) is 0 Å². The summed E-state index contributed by atoms with van der Waals surface area (Å²) in [6.45, 7) is 3.40. The van der Waals surface area contributed by atoms with Gasteiger partial charge >= 0.3 is 0 Å². The first kappa shape index (κ1) is 18.6. The molecule has 1 aliphatic rings. The molecule has 0 aromatic heterocycles. The monoisotopic (exact) mass is 352 g/mol. The fourth-order valence-corrected chi connectivity index (χ4v) is 3.61. The van der Waals surface area contributed by atoms with Crippen molar-refractivity contribution >= 4 is 12.0 Å². The van der Waals surface area contributed by atoms with Gasteiger partial charge in [0.25, 0.3) is 0 Å². The molecule has 26 heavy (non-hydrogen) atoms. The van der Waals surface area contributed by atoms with Crippen LogP contribution in [-0.2, 0) is 16.0 Å². The zero-order chi connectivity index (χ0) is 18.4. The first-order chi connectivity index (χ1) is 12.7. The topological polar surface area (TPSA) is 32.8 Å². The molecule has 0 saturated carbocycles. The molecule has 1 saturated heterocycles. The smallest absolute Gasteiger partial charge is 0.129 e. The molecule has 2 aromatic rings. The second-order valence-electron chi connectivity index (χ2n) is 7.07. The van der Waals surface area contributed by atoms with Crippen molar-refractivity contribution in [2.75, 3.05) is 45.3 Å². The van der Waals surface area contributed by atoms with Gasteiger partial charge in [0.05, 0.1) is 19.1 Å². The Morgan fingerprint density at radius 2 is 1.69 bits per heavy atom. The minimum Gasteiger partial charge on any atom is -0.378 e. The van der Waals surface area contributed by atoms with Gasteiger partial charge in [0, 0.05) is 24.8 Å². The lowest BCUT2D eigenvalue weighted by Crippen LogP contribution is -2.37. The van der Waals surface area contributed by atoms with Crippen molar-refractivity contribution in [3.8, 4) is 0 Å². The molecule has 0 radical (unpaired) electrons. The van der Waals surface area contributed by atoms with Gasteiger partial charge in [-0.25, -0.2) is 0 Å². The zero-order valence-electron chi connectivity index (χ0n) is 15.7. The molecule has 0 spiro atoms. The maximum Gasteiger partial charge on any atom is 0.129 e. The maximum absolute atomic E-state index is 12.0. The molecular formula is C22H28N2O2. The van der Waals surface area contributed by atoms with Crippen LogP contribution in [0.3, 0.4) is 0 Å². The Labute approximate surface area is 156 Å². The van der Waals surface area contributed by atoms with E-state index in [1.54, 1.807) is 0 Å². The van der Waals surface area contributed by atoms with Gasteiger partial charge in [-0.2, -0.15) is 0 Å². The molecule has 0 aliphatic carbocycles. The van der Waals surface area contributed by atoms with E-state index in [0.717, 1.165) is 44.6 Å². The average molecular weight is 352 g/mol. The van der Waals surface area contributed by atoms with Crippen molar-refractivity contribution in [1.82, 2.24) is 4.90 Å². The highest BCUT2D eigenvalue weighted by molar-refractivity contribution is 5.65. The quantitative estimate of drug-likeness (QED) is 0.717.